The highest BCUT2D eigenvalue weighted by Crippen LogP contribution is 2.37. The lowest BCUT2D eigenvalue weighted by atomic mass is 9.69. The lowest BCUT2D eigenvalue weighted by Gasteiger charge is -2.40. The predicted molar refractivity (Wildman–Crippen MR) is 81.0 cm³/mol. The summed E-state index contributed by atoms with van der Waals surface area (Å²) in [5, 5.41) is 3.68. The molecular formula is C18H21N. The van der Waals surface area contributed by atoms with E-state index in [1.54, 1.807) is 0 Å². The van der Waals surface area contributed by atoms with Crippen LogP contribution in [0.4, 0.5) is 0 Å². The van der Waals surface area contributed by atoms with Gasteiger partial charge in [0, 0.05) is 18.0 Å². The lowest BCUT2D eigenvalue weighted by Crippen LogP contribution is -2.47. The van der Waals surface area contributed by atoms with Gasteiger partial charge in [-0.2, -0.15) is 0 Å². The predicted octanol–water partition coefficient (Wildman–Crippen LogP) is 3.65. The zero-order valence-electron chi connectivity index (χ0n) is 11.3. The van der Waals surface area contributed by atoms with E-state index in [1.165, 1.54) is 5.56 Å². The Labute approximate surface area is 115 Å². The van der Waals surface area contributed by atoms with Crippen molar-refractivity contribution in [2.75, 3.05) is 6.54 Å². The number of rotatable bonds is 3. The minimum absolute atomic E-state index is 0.223. The van der Waals surface area contributed by atoms with Crippen molar-refractivity contribution in [1.82, 2.24) is 5.32 Å². The van der Waals surface area contributed by atoms with E-state index < -0.39 is 0 Å². The molecule has 1 N–H and O–H groups in total. The van der Waals surface area contributed by atoms with Crippen molar-refractivity contribution < 1.29 is 0 Å². The zero-order valence-corrected chi connectivity index (χ0v) is 11.3. The van der Waals surface area contributed by atoms with Crippen LogP contribution in [0.2, 0.25) is 0 Å². The van der Waals surface area contributed by atoms with Gasteiger partial charge in [-0.1, -0.05) is 66.8 Å². The molecule has 0 saturated heterocycles. The summed E-state index contributed by atoms with van der Waals surface area (Å²) in [5.74, 6) is 0. The maximum absolute atomic E-state index is 3.68. The van der Waals surface area contributed by atoms with Crippen molar-refractivity contribution in [2.45, 2.75) is 25.3 Å². The molecular weight excluding hydrogens is 230 g/mol. The van der Waals surface area contributed by atoms with Crippen LogP contribution in [0.25, 0.3) is 0 Å². The largest absolute Gasteiger partial charge is 0.309 e. The van der Waals surface area contributed by atoms with Crippen LogP contribution in [-0.2, 0) is 6.42 Å². The van der Waals surface area contributed by atoms with Crippen molar-refractivity contribution in [3.63, 3.8) is 0 Å². The van der Waals surface area contributed by atoms with Crippen LogP contribution >= 0.6 is 0 Å². The number of hydrogen-bond donors (Lipinski definition) is 1. The molecule has 1 aromatic carbocycles. The third-order valence-electron chi connectivity index (χ3n) is 4.26. The molecule has 3 rings (SSSR count). The standard InChI is InChI=1S/C18H21N/c1-3-9-16(10-4-1)15-18(12-6-2-7-13-18)17-11-5-8-14-19-17/h1-10,12,17,19H,11,13-15H2. The second-order valence-electron chi connectivity index (χ2n) is 5.55. The van der Waals surface area contributed by atoms with Crippen LogP contribution in [0.15, 0.2) is 66.8 Å². The highest BCUT2D eigenvalue weighted by atomic mass is 14.9. The second-order valence-corrected chi connectivity index (χ2v) is 5.55. The van der Waals surface area contributed by atoms with Gasteiger partial charge in [0.25, 0.3) is 0 Å². The average Bonchev–Trinajstić information content (AvgIpc) is 2.50. The highest BCUT2D eigenvalue weighted by molar-refractivity contribution is 5.26. The van der Waals surface area contributed by atoms with Gasteiger partial charge in [-0.15, -0.1) is 0 Å². The van der Waals surface area contributed by atoms with Gasteiger partial charge in [-0.25, -0.2) is 0 Å². The average molecular weight is 251 g/mol. The maximum atomic E-state index is 3.68. The lowest BCUT2D eigenvalue weighted by molar-refractivity contribution is 0.254. The molecule has 1 heteroatoms. The maximum Gasteiger partial charge on any atom is 0.0202 e. The fourth-order valence-electron chi connectivity index (χ4n) is 3.22. The Bertz CT molecular complexity index is 498. The van der Waals surface area contributed by atoms with E-state index in [2.05, 4.69) is 72.1 Å². The number of nitrogens with one attached hydrogen (secondary N) is 1. The number of benzene rings is 1. The quantitative estimate of drug-likeness (QED) is 0.809. The Balaban J connectivity index is 1.86. The van der Waals surface area contributed by atoms with Gasteiger partial charge in [0.15, 0.2) is 0 Å². The fraction of sp³-hybridized carbons (Fsp3) is 0.333. The second kappa shape index (κ2) is 5.58. The Kier molecular flexibility index (Phi) is 3.65. The third-order valence-corrected chi connectivity index (χ3v) is 4.26. The summed E-state index contributed by atoms with van der Waals surface area (Å²) < 4.78 is 0. The van der Waals surface area contributed by atoms with Gasteiger partial charge < -0.3 is 5.32 Å². The van der Waals surface area contributed by atoms with Crippen LogP contribution < -0.4 is 5.32 Å². The summed E-state index contributed by atoms with van der Waals surface area (Å²) in [6.45, 7) is 0.999. The summed E-state index contributed by atoms with van der Waals surface area (Å²) in [6, 6.07) is 11.4. The Morgan fingerprint density at radius 1 is 1.05 bits per heavy atom. The molecule has 2 unspecified atom stereocenters. The Morgan fingerprint density at radius 2 is 1.95 bits per heavy atom. The summed E-state index contributed by atoms with van der Waals surface area (Å²) in [6.07, 6.45) is 17.0. The molecule has 0 radical (unpaired) electrons. The van der Waals surface area contributed by atoms with E-state index in [4.69, 9.17) is 0 Å². The first-order valence-electron chi connectivity index (χ1n) is 7.16. The normalized spacial score (nSPS) is 29.6. The van der Waals surface area contributed by atoms with Gasteiger partial charge in [0.1, 0.15) is 0 Å². The molecule has 0 spiro atoms. The minimum atomic E-state index is 0.223. The van der Waals surface area contributed by atoms with E-state index in [0.717, 1.165) is 25.8 Å². The highest BCUT2D eigenvalue weighted by Gasteiger charge is 2.36. The van der Waals surface area contributed by atoms with Crippen LogP contribution in [0, 0.1) is 5.41 Å². The smallest absolute Gasteiger partial charge is 0.0202 e. The van der Waals surface area contributed by atoms with E-state index in [-0.39, 0.29) is 5.41 Å². The molecule has 2 atom stereocenters. The van der Waals surface area contributed by atoms with Crippen LogP contribution in [-0.4, -0.2) is 12.6 Å². The van der Waals surface area contributed by atoms with Crippen molar-refractivity contribution in [1.29, 1.82) is 0 Å². The third kappa shape index (κ3) is 2.71. The topological polar surface area (TPSA) is 12.0 Å². The van der Waals surface area contributed by atoms with E-state index in [0.29, 0.717) is 6.04 Å². The molecule has 0 fully saturated rings. The molecule has 2 aliphatic rings. The molecule has 0 amide bonds. The molecule has 0 bridgehead atoms. The first-order chi connectivity index (χ1) is 9.39. The van der Waals surface area contributed by atoms with Gasteiger partial charge >= 0.3 is 0 Å². The molecule has 0 saturated carbocycles. The first-order valence-corrected chi connectivity index (χ1v) is 7.16. The molecule has 98 valence electrons. The number of hydrogen-bond acceptors (Lipinski definition) is 1. The van der Waals surface area contributed by atoms with Crippen molar-refractivity contribution >= 4 is 0 Å². The molecule has 1 aromatic rings. The van der Waals surface area contributed by atoms with Crippen molar-refractivity contribution in [3.8, 4) is 0 Å². The summed E-state index contributed by atoms with van der Waals surface area (Å²) in [7, 11) is 0. The Hall–Kier alpha value is -1.60. The van der Waals surface area contributed by atoms with Gasteiger partial charge in [-0.3, -0.25) is 0 Å². The molecule has 1 aliphatic carbocycles. The summed E-state index contributed by atoms with van der Waals surface area (Å²) >= 11 is 0. The molecule has 0 aromatic heterocycles. The van der Waals surface area contributed by atoms with Crippen LogP contribution in [0.5, 0.6) is 0 Å². The van der Waals surface area contributed by atoms with Gasteiger partial charge in [0.05, 0.1) is 0 Å². The van der Waals surface area contributed by atoms with E-state index in [1.807, 2.05) is 0 Å². The van der Waals surface area contributed by atoms with Crippen LogP contribution in [0.1, 0.15) is 18.4 Å². The van der Waals surface area contributed by atoms with E-state index in [9.17, 15) is 0 Å². The fourth-order valence-corrected chi connectivity index (χ4v) is 3.22. The SMILES string of the molecule is C1=CCC(Cc2ccccc2)(C2CC=CCN2)C=C1. The van der Waals surface area contributed by atoms with Crippen LogP contribution in [0.3, 0.4) is 0 Å². The van der Waals surface area contributed by atoms with E-state index >= 15 is 0 Å². The Morgan fingerprint density at radius 3 is 2.63 bits per heavy atom. The minimum Gasteiger partial charge on any atom is -0.309 e. The van der Waals surface area contributed by atoms with Crippen molar-refractivity contribution in [3.05, 3.63) is 72.4 Å². The van der Waals surface area contributed by atoms with Crippen molar-refractivity contribution in [2.24, 2.45) is 5.41 Å². The zero-order chi connectivity index (χ0) is 13.0. The number of allylic oxidation sites excluding steroid dienone is 3. The van der Waals surface area contributed by atoms with Gasteiger partial charge in [-0.05, 0) is 24.8 Å². The molecule has 1 heterocycles. The molecule has 1 aliphatic heterocycles. The summed E-state index contributed by atoms with van der Waals surface area (Å²) in [4.78, 5) is 0. The molecule has 19 heavy (non-hydrogen) atoms. The monoisotopic (exact) mass is 251 g/mol. The van der Waals surface area contributed by atoms with Gasteiger partial charge in [0.2, 0.25) is 0 Å². The first kappa shape index (κ1) is 12.4. The molecule has 1 nitrogen and oxygen atoms in total. The summed E-state index contributed by atoms with van der Waals surface area (Å²) in [5.41, 5.74) is 1.65.